The second-order valence-corrected chi connectivity index (χ2v) is 9.97. The van der Waals surface area contributed by atoms with Crippen LogP contribution >= 0.6 is 0 Å². The van der Waals surface area contributed by atoms with Crippen LogP contribution in [-0.2, 0) is 43.2 Å². The number of nitrogens with two attached hydrogens (primary N) is 2. The molecule has 0 aliphatic carbocycles. The lowest BCUT2D eigenvalue weighted by atomic mass is 10.0. The molecule has 3 rings (SSSR count). The number of hydrogen-bond acceptors (Lipinski definition) is 8. The monoisotopic (exact) mass is 593 g/mol. The van der Waals surface area contributed by atoms with Crippen molar-refractivity contribution >= 4 is 29.6 Å². The first-order chi connectivity index (χ1) is 20.5. The number of aliphatic carboxylic acids is 1. The van der Waals surface area contributed by atoms with Gasteiger partial charge in [0.25, 0.3) is 0 Å². The Labute approximate surface area is 247 Å². The van der Waals surface area contributed by atoms with Crippen LogP contribution in [-0.4, -0.2) is 73.9 Å². The fourth-order valence-corrected chi connectivity index (χ4v) is 4.20. The maximum Gasteiger partial charge on any atom is 0.326 e. The summed E-state index contributed by atoms with van der Waals surface area (Å²) in [7, 11) is 0. The minimum absolute atomic E-state index is 0.00189. The quantitative estimate of drug-likeness (QED) is 0.104. The summed E-state index contributed by atoms with van der Waals surface area (Å²) in [4.78, 5) is 69.7. The average molecular weight is 594 g/mol. The zero-order chi connectivity index (χ0) is 31.4. The van der Waals surface area contributed by atoms with Crippen LogP contribution in [0.5, 0.6) is 5.75 Å². The molecular formula is C29H35N7O7. The predicted octanol–water partition coefficient (Wildman–Crippen LogP) is -0.725. The van der Waals surface area contributed by atoms with Crippen LogP contribution in [0.15, 0.2) is 67.1 Å². The van der Waals surface area contributed by atoms with Crippen LogP contribution in [0, 0.1) is 0 Å². The Morgan fingerprint density at radius 2 is 1.35 bits per heavy atom. The van der Waals surface area contributed by atoms with Crippen molar-refractivity contribution in [1.29, 1.82) is 0 Å². The number of amides is 4. The predicted molar refractivity (Wildman–Crippen MR) is 154 cm³/mol. The highest BCUT2D eigenvalue weighted by molar-refractivity contribution is 5.94. The minimum Gasteiger partial charge on any atom is -0.508 e. The number of primary amides is 1. The van der Waals surface area contributed by atoms with E-state index in [0.717, 1.165) is 0 Å². The van der Waals surface area contributed by atoms with Crippen molar-refractivity contribution in [2.75, 3.05) is 0 Å². The van der Waals surface area contributed by atoms with Crippen molar-refractivity contribution in [3.63, 3.8) is 0 Å². The van der Waals surface area contributed by atoms with E-state index < -0.39 is 53.8 Å². The fourth-order valence-electron chi connectivity index (χ4n) is 4.20. The summed E-state index contributed by atoms with van der Waals surface area (Å²) in [6, 6.07) is 9.79. The highest BCUT2D eigenvalue weighted by Gasteiger charge is 2.31. The van der Waals surface area contributed by atoms with Crippen LogP contribution in [0.1, 0.15) is 29.7 Å². The first kappa shape index (κ1) is 32.3. The molecule has 43 heavy (non-hydrogen) atoms. The number of imidazole rings is 1. The lowest BCUT2D eigenvalue weighted by Gasteiger charge is -2.25. The van der Waals surface area contributed by atoms with Crippen molar-refractivity contribution in [3.8, 4) is 5.75 Å². The van der Waals surface area contributed by atoms with Crippen LogP contribution in [0.4, 0.5) is 0 Å². The van der Waals surface area contributed by atoms with Gasteiger partial charge in [-0.3, -0.25) is 19.2 Å². The highest BCUT2D eigenvalue weighted by Crippen LogP contribution is 2.13. The number of aromatic hydroxyl groups is 1. The van der Waals surface area contributed by atoms with Gasteiger partial charge in [-0.25, -0.2) is 9.78 Å². The molecule has 0 spiro atoms. The van der Waals surface area contributed by atoms with Gasteiger partial charge >= 0.3 is 5.97 Å². The van der Waals surface area contributed by atoms with Crippen molar-refractivity contribution in [2.24, 2.45) is 11.5 Å². The number of carbonyl (C=O) groups is 5. The zero-order valence-corrected chi connectivity index (χ0v) is 23.2. The number of nitrogens with zero attached hydrogens (tertiary/aromatic N) is 1. The lowest BCUT2D eigenvalue weighted by Crippen LogP contribution is -2.58. The molecule has 0 bridgehead atoms. The molecule has 0 fully saturated rings. The van der Waals surface area contributed by atoms with E-state index in [4.69, 9.17) is 11.5 Å². The Kier molecular flexibility index (Phi) is 11.8. The van der Waals surface area contributed by atoms with Crippen molar-refractivity contribution in [1.82, 2.24) is 25.9 Å². The second kappa shape index (κ2) is 15.7. The van der Waals surface area contributed by atoms with Gasteiger partial charge in [-0.05, 0) is 29.7 Å². The van der Waals surface area contributed by atoms with E-state index in [2.05, 4.69) is 25.9 Å². The summed E-state index contributed by atoms with van der Waals surface area (Å²) in [5, 5.41) is 27.1. The molecule has 2 aromatic carbocycles. The number of rotatable bonds is 16. The third-order valence-corrected chi connectivity index (χ3v) is 6.56. The van der Waals surface area contributed by atoms with E-state index in [1.165, 1.54) is 24.7 Å². The van der Waals surface area contributed by atoms with Gasteiger partial charge in [-0.2, -0.15) is 0 Å². The number of phenols is 1. The number of nitrogens with one attached hydrogen (secondary N) is 4. The first-order valence-electron chi connectivity index (χ1n) is 13.5. The molecule has 3 aromatic rings. The second-order valence-electron chi connectivity index (χ2n) is 9.97. The Morgan fingerprint density at radius 3 is 1.93 bits per heavy atom. The normalized spacial score (nSPS) is 13.6. The van der Waals surface area contributed by atoms with Gasteiger partial charge < -0.3 is 42.6 Å². The van der Waals surface area contributed by atoms with Gasteiger partial charge in [0.15, 0.2) is 0 Å². The standard InChI is InChI=1S/C29H35N7O7/c30-21(10-11-25(31)38)26(39)34-22(12-18-6-8-20(37)9-7-18)27(40)35-23(14-19-15-32-16-33-19)28(41)36-24(29(42)43)13-17-4-2-1-3-5-17/h1-9,15-16,21-24,37H,10-14,30H2,(H2,31,38)(H,32,33)(H,34,39)(H,35,40)(H,36,41)(H,42,43). The van der Waals surface area contributed by atoms with Crippen LogP contribution < -0.4 is 27.4 Å². The third kappa shape index (κ3) is 10.6. The zero-order valence-electron chi connectivity index (χ0n) is 23.2. The molecule has 0 aliphatic rings. The Morgan fingerprint density at radius 1 is 0.791 bits per heavy atom. The smallest absolute Gasteiger partial charge is 0.326 e. The van der Waals surface area contributed by atoms with Gasteiger partial charge in [-0.1, -0.05) is 42.5 Å². The number of hydrogen-bond donors (Lipinski definition) is 8. The number of carboxylic acid groups (broad SMARTS) is 1. The van der Waals surface area contributed by atoms with Gasteiger partial charge in [0.1, 0.15) is 23.9 Å². The molecule has 228 valence electrons. The lowest BCUT2D eigenvalue weighted by molar-refractivity contribution is -0.142. The molecule has 4 unspecified atom stereocenters. The largest absolute Gasteiger partial charge is 0.508 e. The average Bonchev–Trinajstić information content (AvgIpc) is 3.49. The molecule has 1 aromatic heterocycles. The Bertz CT molecular complexity index is 1380. The summed E-state index contributed by atoms with van der Waals surface area (Å²) in [5.41, 5.74) is 12.8. The molecule has 0 aliphatic heterocycles. The maximum absolute atomic E-state index is 13.6. The molecule has 14 nitrogen and oxygen atoms in total. The summed E-state index contributed by atoms with van der Waals surface area (Å²) >= 11 is 0. The number of benzene rings is 2. The maximum atomic E-state index is 13.6. The summed E-state index contributed by atoms with van der Waals surface area (Å²) in [6.45, 7) is 0. The number of aromatic amines is 1. The fraction of sp³-hybridized carbons (Fsp3) is 0.310. The molecule has 4 amide bonds. The van der Waals surface area contributed by atoms with E-state index >= 15 is 0 Å². The molecule has 14 heteroatoms. The van der Waals surface area contributed by atoms with Gasteiger partial charge in [0.05, 0.1) is 12.4 Å². The molecule has 4 atom stereocenters. The topological polar surface area (TPSA) is 243 Å². The minimum atomic E-state index is -1.29. The van der Waals surface area contributed by atoms with Gasteiger partial charge in [-0.15, -0.1) is 0 Å². The van der Waals surface area contributed by atoms with Crippen molar-refractivity contribution < 1.29 is 34.2 Å². The van der Waals surface area contributed by atoms with Crippen molar-refractivity contribution in [3.05, 3.63) is 83.9 Å². The number of phenolic OH excluding ortho intramolecular Hbond substituents is 1. The van der Waals surface area contributed by atoms with Gasteiger partial charge in [0.2, 0.25) is 23.6 Å². The summed E-state index contributed by atoms with van der Waals surface area (Å²) < 4.78 is 0. The Hall–Kier alpha value is -5.24. The molecule has 1 heterocycles. The van der Waals surface area contributed by atoms with E-state index in [0.29, 0.717) is 16.8 Å². The van der Waals surface area contributed by atoms with E-state index in [9.17, 15) is 34.2 Å². The van der Waals surface area contributed by atoms with Crippen LogP contribution in [0.3, 0.4) is 0 Å². The molecular weight excluding hydrogens is 558 g/mol. The van der Waals surface area contributed by atoms with Crippen LogP contribution in [0.25, 0.3) is 0 Å². The highest BCUT2D eigenvalue weighted by atomic mass is 16.4. The summed E-state index contributed by atoms with van der Waals surface area (Å²) in [6.07, 6.45) is 2.58. The molecule has 10 N–H and O–H groups in total. The number of carbonyl (C=O) groups excluding carboxylic acids is 4. The summed E-state index contributed by atoms with van der Waals surface area (Å²) in [5.74, 6) is -4.13. The van der Waals surface area contributed by atoms with E-state index in [-0.39, 0.29) is 37.9 Å². The molecule has 0 saturated carbocycles. The Balaban J connectivity index is 1.81. The number of carboxylic acids is 1. The molecule has 0 radical (unpaired) electrons. The van der Waals surface area contributed by atoms with Crippen LogP contribution in [0.2, 0.25) is 0 Å². The SMILES string of the molecule is NC(=O)CCC(N)C(=O)NC(Cc1ccc(O)cc1)C(=O)NC(Cc1cnc[nH]1)C(=O)NC(Cc1ccccc1)C(=O)O. The number of H-pyrrole nitrogens is 1. The molecule has 0 saturated heterocycles. The first-order valence-corrected chi connectivity index (χ1v) is 13.5. The van der Waals surface area contributed by atoms with E-state index in [1.807, 2.05) is 0 Å². The third-order valence-electron chi connectivity index (χ3n) is 6.56. The number of aromatic nitrogens is 2. The van der Waals surface area contributed by atoms with E-state index in [1.54, 1.807) is 42.5 Å². The van der Waals surface area contributed by atoms with Gasteiger partial charge in [0, 0.05) is 37.6 Å². The van der Waals surface area contributed by atoms with Crippen molar-refractivity contribution in [2.45, 2.75) is 56.3 Å².